The number of unbranched alkanes of at least 4 members (excludes halogenated alkanes) is 1. The zero-order valence-corrected chi connectivity index (χ0v) is 13.3. The highest BCUT2D eigenvalue weighted by Gasteiger charge is 2.20. The molecule has 0 atom stereocenters. The number of para-hydroxylation sites is 1. The molecule has 0 amide bonds. The van der Waals surface area contributed by atoms with Crippen LogP contribution in [0.25, 0.3) is 0 Å². The van der Waals surface area contributed by atoms with Gasteiger partial charge in [0.2, 0.25) is 0 Å². The van der Waals surface area contributed by atoms with Crippen molar-refractivity contribution in [2.24, 2.45) is 0 Å². The Morgan fingerprint density at radius 3 is 2.74 bits per heavy atom. The molecule has 4 heteroatoms. The van der Waals surface area contributed by atoms with E-state index in [2.05, 4.69) is 18.5 Å². The smallest absolute Gasteiger partial charge is 0.347 e. The number of esters is 1. The molecule has 0 bridgehead atoms. The average Bonchev–Trinajstić information content (AvgIpc) is 2.56. The van der Waals surface area contributed by atoms with Crippen molar-refractivity contribution in [3.05, 3.63) is 66.5 Å². The van der Waals surface area contributed by atoms with Crippen LogP contribution in [-0.4, -0.2) is 17.6 Å². The molecule has 4 nitrogen and oxygen atoms in total. The van der Waals surface area contributed by atoms with Gasteiger partial charge in [0.15, 0.2) is 5.75 Å². The first kappa shape index (κ1) is 16.7. The summed E-state index contributed by atoms with van der Waals surface area (Å²) in [7, 11) is 0. The third-order valence-corrected chi connectivity index (χ3v) is 3.27. The van der Waals surface area contributed by atoms with Crippen molar-refractivity contribution in [1.29, 1.82) is 0 Å². The molecule has 1 aromatic carbocycles. The van der Waals surface area contributed by atoms with Crippen LogP contribution in [0, 0.1) is 0 Å². The monoisotopic (exact) mass is 311 g/mol. The van der Waals surface area contributed by atoms with Crippen molar-refractivity contribution in [2.75, 3.05) is 6.61 Å². The van der Waals surface area contributed by atoms with Crippen molar-refractivity contribution in [2.45, 2.75) is 26.2 Å². The molecule has 0 saturated carbocycles. The van der Waals surface area contributed by atoms with Crippen LogP contribution in [0.5, 0.6) is 11.5 Å². The minimum atomic E-state index is -0.443. The summed E-state index contributed by atoms with van der Waals surface area (Å²) in [4.78, 5) is 16.8. The number of pyridine rings is 1. The Morgan fingerprint density at radius 2 is 2.04 bits per heavy atom. The van der Waals surface area contributed by atoms with Gasteiger partial charge in [0.25, 0.3) is 0 Å². The second-order valence-electron chi connectivity index (χ2n) is 5.07. The van der Waals surface area contributed by atoms with E-state index < -0.39 is 5.97 Å². The first-order valence-electron chi connectivity index (χ1n) is 7.74. The number of hydrogen-bond acceptors (Lipinski definition) is 4. The van der Waals surface area contributed by atoms with E-state index in [-0.39, 0.29) is 0 Å². The number of hydrogen-bond donors (Lipinski definition) is 0. The van der Waals surface area contributed by atoms with Gasteiger partial charge in [-0.25, -0.2) is 4.79 Å². The fourth-order valence-electron chi connectivity index (χ4n) is 2.11. The molecule has 2 aromatic rings. The highest BCUT2D eigenvalue weighted by Crippen LogP contribution is 2.24. The molecule has 0 aliphatic carbocycles. The van der Waals surface area contributed by atoms with Gasteiger partial charge >= 0.3 is 5.97 Å². The van der Waals surface area contributed by atoms with Gasteiger partial charge in [-0.2, -0.15) is 0 Å². The standard InChI is InChI=1S/C19H21NO3/c1-3-5-12-22-17-14-20-13-15(9-4-2)18(17)19(21)23-16-10-7-6-8-11-16/h4,6-8,10-11,13-14H,2-3,5,9,12H2,1H3. The third-order valence-electron chi connectivity index (χ3n) is 3.27. The van der Waals surface area contributed by atoms with Gasteiger partial charge in [0.05, 0.1) is 12.8 Å². The van der Waals surface area contributed by atoms with E-state index in [1.54, 1.807) is 30.6 Å². The highest BCUT2D eigenvalue weighted by molar-refractivity contribution is 5.95. The Kier molecular flexibility index (Phi) is 6.36. The lowest BCUT2D eigenvalue weighted by atomic mass is 10.1. The Labute approximate surface area is 136 Å². The number of rotatable bonds is 8. The van der Waals surface area contributed by atoms with Gasteiger partial charge < -0.3 is 9.47 Å². The Hall–Kier alpha value is -2.62. The molecule has 1 heterocycles. The Morgan fingerprint density at radius 1 is 1.26 bits per heavy atom. The minimum absolute atomic E-state index is 0.417. The second kappa shape index (κ2) is 8.73. The number of carbonyl (C=O) groups is 1. The lowest BCUT2D eigenvalue weighted by Gasteiger charge is -2.13. The summed E-state index contributed by atoms with van der Waals surface area (Å²) in [5.41, 5.74) is 1.16. The Balaban J connectivity index is 2.28. The summed E-state index contributed by atoms with van der Waals surface area (Å²) in [5.74, 6) is 0.513. The number of aromatic nitrogens is 1. The SMILES string of the molecule is C=CCc1cncc(OCCCC)c1C(=O)Oc1ccccc1. The number of nitrogens with zero attached hydrogens (tertiary/aromatic N) is 1. The quantitative estimate of drug-likeness (QED) is 0.317. The molecule has 0 spiro atoms. The molecule has 0 N–H and O–H groups in total. The highest BCUT2D eigenvalue weighted by atomic mass is 16.5. The predicted octanol–water partition coefficient (Wildman–Crippen LogP) is 4.21. The van der Waals surface area contributed by atoms with Crippen molar-refractivity contribution in [3.8, 4) is 11.5 Å². The molecule has 0 aliphatic rings. The van der Waals surface area contributed by atoms with E-state index >= 15 is 0 Å². The Bertz CT molecular complexity index is 653. The van der Waals surface area contributed by atoms with Crippen LogP contribution >= 0.6 is 0 Å². The summed E-state index contributed by atoms with van der Waals surface area (Å²) in [6, 6.07) is 8.98. The molecular weight excluding hydrogens is 290 g/mol. The number of carbonyl (C=O) groups excluding carboxylic acids is 1. The normalized spacial score (nSPS) is 10.1. The van der Waals surface area contributed by atoms with Gasteiger partial charge in [0, 0.05) is 6.20 Å². The van der Waals surface area contributed by atoms with E-state index in [1.807, 2.05) is 18.2 Å². The largest absolute Gasteiger partial charge is 0.491 e. The van der Waals surface area contributed by atoms with Gasteiger partial charge in [0.1, 0.15) is 11.3 Å². The molecule has 0 saturated heterocycles. The molecule has 2 rings (SSSR count). The molecule has 0 fully saturated rings. The summed E-state index contributed by atoms with van der Waals surface area (Å²) in [6.07, 6.45) is 7.39. The first-order valence-corrected chi connectivity index (χ1v) is 7.74. The fourth-order valence-corrected chi connectivity index (χ4v) is 2.11. The maximum atomic E-state index is 12.6. The molecule has 0 unspecified atom stereocenters. The van der Waals surface area contributed by atoms with Crippen LogP contribution in [0.4, 0.5) is 0 Å². The summed E-state index contributed by atoms with van der Waals surface area (Å²) in [5, 5.41) is 0. The van der Waals surface area contributed by atoms with Crippen molar-refractivity contribution in [3.63, 3.8) is 0 Å². The van der Waals surface area contributed by atoms with Crippen molar-refractivity contribution in [1.82, 2.24) is 4.98 Å². The average molecular weight is 311 g/mol. The molecule has 23 heavy (non-hydrogen) atoms. The van der Waals surface area contributed by atoms with Crippen LogP contribution in [0.1, 0.15) is 35.7 Å². The van der Waals surface area contributed by atoms with Crippen molar-refractivity contribution < 1.29 is 14.3 Å². The van der Waals surface area contributed by atoms with E-state index in [4.69, 9.17) is 9.47 Å². The van der Waals surface area contributed by atoms with E-state index in [9.17, 15) is 4.79 Å². The number of allylic oxidation sites excluding steroid dienone is 1. The van der Waals surface area contributed by atoms with Gasteiger partial charge in [-0.1, -0.05) is 37.6 Å². The number of ether oxygens (including phenoxy) is 2. The molecule has 1 aromatic heterocycles. The van der Waals surface area contributed by atoms with E-state index in [1.165, 1.54) is 0 Å². The van der Waals surface area contributed by atoms with Crippen molar-refractivity contribution >= 4 is 5.97 Å². The van der Waals surface area contributed by atoms with Gasteiger partial charge in [-0.05, 0) is 30.5 Å². The molecule has 0 aliphatic heterocycles. The van der Waals surface area contributed by atoms with Crippen LogP contribution in [0.3, 0.4) is 0 Å². The summed E-state index contributed by atoms with van der Waals surface area (Å²) < 4.78 is 11.2. The van der Waals surface area contributed by atoms with Crippen LogP contribution in [0.15, 0.2) is 55.4 Å². The molecule has 120 valence electrons. The van der Waals surface area contributed by atoms with Gasteiger partial charge in [-0.15, -0.1) is 6.58 Å². The molecule has 0 radical (unpaired) electrons. The topological polar surface area (TPSA) is 48.4 Å². The minimum Gasteiger partial charge on any atom is -0.491 e. The second-order valence-corrected chi connectivity index (χ2v) is 5.07. The predicted molar refractivity (Wildman–Crippen MR) is 89.9 cm³/mol. The zero-order valence-electron chi connectivity index (χ0n) is 13.3. The van der Waals surface area contributed by atoms with Crippen LogP contribution in [0.2, 0.25) is 0 Å². The third kappa shape index (κ3) is 4.68. The maximum absolute atomic E-state index is 12.6. The lowest BCUT2D eigenvalue weighted by molar-refractivity contribution is 0.0729. The van der Waals surface area contributed by atoms with E-state index in [0.29, 0.717) is 30.1 Å². The summed E-state index contributed by atoms with van der Waals surface area (Å²) in [6.45, 7) is 6.35. The summed E-state index contributed by atoms with van der Waals surface area (Å²) >= 11 is 0. The van der Waals surface area contributed by atoms with Crippen LogP contribution < -0.4 is 9.47 Å². The van der Waals surface area contributed by atoms with Crippen LogP contribution in [-0.2, 0) is 6.42 Å². The first-order chi connectivity index (χ1) is 11.3. The zero-order chi connectivity index (χ0) is 16.5. The molecular formula is C19H21NO3. The fraction of sp³-hybridized carbons (Fsp3) is 0.263. The van der Waals surface area contributed by atoms with E-state index in [0.717, 1.165) is 18.4 Å². The lowest BCUT2D eigenvalue weighted by Crippen LogP contribution is -2.14. The number of benzene rings is 1. The van der Waals surface area contributed by atoms with Gasteiger partial charge in [-0.3, -0.25) is 4.98 Å². The maximum Gasteiger partial charge on any atom is 0.347 e.